The molecule has 0 aromatic carbocycles. The summed E-state index contributed by atoms with van der Waals surface area (Å²) in [7, 11) is 0. The van der Waals surface area contributed by atoms with Crippen LogP contribution in [0.1, 0.15) is 32.1 Å². The lowest BCUT2D eigenvalue weighted by Crippen LogP contribution is -2.22. The molecule has 0 amide bonds. The minimum absolute atomic E-state index is 0.476. The van der Waals surface area contributed by atoms with Crippen molar-refractivity contribution in [1.29, 1.82) is 0 Å². The highest BCUT2D eigenvalue weighted by atomic mass is 35.5. The van der Waals surface area contributed by atoms with Gasteiger partial charge < -0.3 is 10.6 Å². The van der Waals surface area contributed by atoms with Crippen molar-refractivity contribution in [1.82, 2.24) is 9.97 Å². The van der Waals surface area contributed by atoms with Crippen molar-refractivity contribution in [3.63, 3.8) is 0 Å². The summed E-state index contributed by atoms with van der Waals surface area (Å²) in [5.41, 5.74) is 2.50. The number of hydrogen-bond donors (Lipinski definition) is 2. The largest absolute Gasteiger partial charge is 0.367 e. The Hall–Kier alpha value is -2.30. The third-order valence-corrected chi connectivity index (χ3v) is 5.51. The summed E-state index contributed by atoms with van der Waals surface area (Å²) in [6.07, 6.45) is 11.4. The monoisotopic (exact) mass is 428 g/mol. The van der Waals surface area contributed by atoms with Crippen LogP contribution in [-0.4, -0.2) is 22.6 Å². The zero-order chi connectivity index (χ0) is 20.6. The molecule has 2 heterocycles. The van der Waals surface area contributed by atoms with Gasteiger partial charge in [-0.15, -0.1) is 0 Å². The maximum Gasteiger partial charge on any atom is 0.126 e. The predicted octanol–water partition coefficient (Wildman–Crippen LogP) is 6.82. The molecule has 6 heteroatoms. The van der Waals surface area contributed by atoms with Crippen molar-refractivity contribution in [2.75, 3.05) is 17.2 Å². The van der Waals surface area contributed by atoms with E-state index in [0.29, 0.717) is 22.6 Å². The average molecular weight is 429 g/mol. The number of hydrogen-bond acceptors (Lipinski definition) is 4. The topological polar surface area (TPSA) is 49.8 Å². The van der Waals surface area contributed by atoms with Crippen LogP contribution in [-0.2, 0) is 0 Å². The van der Waals surface area contributed by atoms with Crippen molar-refractivity contribution < 1.29 is 0 Å². The Morgan fingerprint density at radius 2 is 2.00 bits per heavy atom. The Bertz CT molecular complexity index is 902. The summed E-state index contributed by atoms with van der Waals surface area (Å²) in [4.78, 5) is 9.16. The number of halogens is 2. The molecule has 29 heavy (non-hydrogen) atoms. The van der Waals surface area contributed by atoms with E-state index in [2.05, 4.69) is 28.8 Å². The molecule has 1 aliphatic rings. The third kappa shape index (κ3) is 6.09. The maximum atomic E-state index is 6.44. The van der Waals surface area contributed by atoms with E-state index in [1.165, 1.54) is 32.1 Å². The van der Waals surface area contributed by atoms with Gasteiger partial charge in [-0.3, -0.25) is 0 Å². The van der Waals surface area contributed by atoms with E-state index in [1.807, 2.05) is 30.3 Å². The van der Waals surface area contributed by atoms with Gasteiger partial charge in [-0.2, -0.15) is 0 Å². The molecule has 0 bridgehead atoms. The molecule has 1 fully saturated rings. The minimum Gasteiger partial charge on any atom is -0.367 e. The quantitative estimate of drug-likeness (QED) is 0.452. The van der Waals surface area contributed by atoms with Gasteiger partial charge in [-0.1, -0.05) is 73.8 Å². The molecule has 0 unspecified atom stereocenters. The summed E-state index contributed by atoms with van der Waals surface area (Å²) in [6.45, 7) is 7.99. The SMILES string of the molecule is C=C/C=C(/CNc1cccc(-c2cc(NC3CCCCC3)ncc2Cl)n1)C(=C)Cl. The summed E-state index contributed by atoms with van der Waals surface area (Å²) in [5.74, 6) is 1.57. The highest BCUT2D eigenvalue weighted by molar-refractivity contribution is 6.33. The van der Waals surface area contributed by atoms with Crippen molar-refractivity contribution in [3.05, 3.63) is 71.4 Å². The van der Waals surface area contributed by atoms with Crippen LogP contribution in [0.5, 0.6) is 0 Å². The molecule has 1 aliphatic carbocycles. The Balaban J connectivity index is 1.77. The molecular formula is C23H26Cl2N4. The van der Waals surface area contributed by atoms with Gasteiger partial charge in [0.25, 0.3) is 0 Å². The van der Waals surface area contributed by atoms with Gasteiger partial charge >= 0.3 is 0 Å². The highest BCUT2D eigenvalue weighted by Gasteiger charge is 2.15. The first-order valence-corrected chi connectivity index (χ1v) is 10.6. The fourth-order valence-corrected chi connectivity index (χ4v) is 3.76. The molecule has 0 radical (unpaired) electrons. The molecule has 0 atom stereocenters. The van der Waals surface area contributed by atoms with Crippen LogP contribution >= 0.6 is 23.2 Å². The van der Waals surface area contributed by atoms with Crippen molar-refractivity contribution in [2.45, 2.75) is 38.1 Å². The number of nitrogens with one attached hydrogen (secondary N) is 2. The van der Waals surface area contributed by atoms with Crippen molar-refractivity contribution in [2.24, 2.45) is 0 Å². The van der Waals surface area contributed by atoms with Gasteiger partial charge in [0.15, 0.2) is 0 Å². The van der Waals surface area contributed by atoms with Crippen LogP contribution in [0.4, 0.5) is 11.6 Å². The average Bonchev–Trinajstić information content (AvgIpc) is 2.73. The molecule has 0 saturated heterocycles. The van der Waals surface area contributed by atoms with Crippen LogP contribution in [0.25, 0.3) is 11.3 Å². The second-order valence-electron chi connectivity index (χ2n) is 7.12. The maximum absolute atomic E-state index is 6.44. The number of anilines is 2. The van der Waals surface area contributed by atoms with Crippen LogP contribution in [0.3, 0.4) is 0 Å². The number of aromatic nitrogens is 2. The van der Waals surface area contributed by atoms with Crippen LogP contribution < -0.4 is 10.6 Å². The summed E-state index contributed by atoms with van der Waals surface area (Å²) in [5, 5.41) is 7.87. The van der Waals surface area contributed by atoms with Gasteiger partial charge in [0.2, 0.25) is 0 Å². The first-order valence-electron chi connectivity index (χ1n) is 9.86. The molecular weight excluding hydrogens is 403 g/mol. The van der Waals surface area contributed by atoms with Crippen LogP contribution in [0, 0.1) is 0 Å². The van der Waals surface area contributed by atoms with Crippen LogP contribution in [0.2, 0.25) is 5.02 Å². The van der Waals surface area contributed by atoms with Gasteiger partial charge in [0.1, 0.15) is 11.6 Å². The van der Waals surface area contributed by atoms with Crippen molar-refractivity contribution >= 4 is 34.8 Å². The van der Waals surface area contributed by atoms with Gasteiger partial charge in [-0.25, -0.2) is 9.97 Å². The molecule has 4 nitrogen and oxygen atoms in total. The number of rotatable bonds is 8. The van der Waals surface area contributed by atoms with E-state index in [9.17, 15) is 0 Å². The first kappa shape index (κ1) is 21.4. The molecule has 2 aromatic heterocycles. The number of nitrogens with zero attached hydrogens (tertiary/aromatic N) is 2. The fraction of sp³-hybridized carbons (Fsp3) is 0.304. The second-order valence-corrected chi connectivity index (χ2v) is 7.99. The lowest BCUT2D eigenvalue weighted by Gasteiger charge is -2.23. The Morgan fingerprint density at radius 3 is 2.72 bits per heavy atom. The molecule has 2 N–H and O–H groups in total. The van der Waals surface area contributed by atoms with E-state index in [0.717, 1.165) is 28.5 Å². The van der Waals surface area contributed by atoms with Gasteiger partial charge in [0.05, 0.1) is 10.7 Å². The normalized spacial score (nSPS) is 15.0. The molecule has 3 rings (SSSR count). The molecule has 0 aliphatic heterocycles. The highest BCUT2D eigenvalue weighted by Crippen LogP contribution is 2.30. The van der Waals surface area contributed by atoms with E-state index >= 15 is 0 Å². The molecule has 2 aromatic rings. The first-order chi connectivity index (χ1) is 14.1. The van der Waals surface area contributed by atoms with E-state index in [4.69, 9.17) is 28.2 Å². The zero-order valence-corrected chi connectivity index (χ0v) is 17.9. The minimum atomic E-state index is 0.476. The van der Waals surface area contributed by atoms with E-state index in [-0.39, 0.29) is 0 Å². The zero-order valence-electron chi connectivity index (χ0n) is 16.4. The number of allylic oxidation sites excluding steroid dienone is 2. The van der Waals surface area contributed by atoms with Gasteiger partial charge in [-0.05, 0) is 36.6 Å². The lowest BCUT2D eigenvalue weighted by atomic mass is 9.95. The van der Waals surface area contributed by atoms with E-state index in [1.54, 1.807) is 12.3 Å². The smallest absolute Gasteiger partial charge is 0.126 e. The van der Waals surface area contributed by atoms with Crippen molar-refractivity contribution in [3.8, 4) is 11.3 Å². The lowest BCUT2D eigenvalue weighted by molar-refractivity contribution is 0.462. The standard InChI is InChI=1S/C23H26Cl2N4/c1-3-8-17(16(2)24)14-26-22-12-7-11-21(29-22)19-13-23(27-15-20(19)25)28-18-9-5-4-6-10-18/h3,7-8,11-13,15,18H,1-2,4-6,9-10,14H2,(H,26,29)(H,27,28)/b17-8-. The second kappa shape index (κ2) is 10.5. The molecule has 0 spiro atoms. The van der Waals surface area contributed by atoms with Crippen LogP contribution in [0.15, 0.2) is 66.4 Å². The number of pyridine rings is 2. The fourth-order valence-electron chi connectivity index (χ4n) is 3.43. The predicted molar refractivity (Wildman–Crippen MR) is 125 cm³/mol. The molecule has 1 saturated carbocycles. The third-order valence-electron chi connectivity index (χ3n) is 4.96. The van der Waals surface area contributed by atoms with E-state index < -0.39 is 0 Å². The summed E-state index contributed by atoms with van der Waals surface area (Å²) < 4.78 is 0. The Morgan fingerprint density at radius 1 is 1.21 bits per heavy atom. The Labute approximate surface area is 182 Å². The summed E-state index contributed by atoms with van der Waals surface area (Å²) in [6, 6.07) is 8.25. The Kier molecular flexibility index (Phi) is 7.73. The summed E-state index contributed by atoms with van der Waals surface area (Å²) >= 11 is 12.5. The molecule has 152 valence electrons. The van der Waals surface area contributed by atoms with Gasteiger partial charge in [0, 0.05) is 29.4 Å².